The second kappa shape index (κ2) is 13.0. The van der Waals surface area contributed by atoms with Crippen LogP contribution in [-0.2, 0) is 20.4 Å². The molecule has 12 nitrogen and oxygen atoms in total. The molecule has 5 rings (SSSR count). The predicted molar refractivity (Wildman–Crippen MR) is 173 cm³/mol. The van der Waals surface area contributed by atoms with Crippen molar-refractivity contribution in [2.45, 2.75) is 69.3 Å². The van der Waals surface area contributed by atoms with Gasteiger partial charge in [0.05, 0.1) is 15.7 Å². The highest BCUT2D eigenvalue weighted by atomic mass is 35.5. The van der Waals surface area contributed by atoms with E-state index < -0.39 is 56.3 Å². The van der Waals surface area contributed by atoms with E-state index in [1.807, 2.05) is 12.1 Å². The maximum absolute atomic E-state index is 12.9. The Labute approximate surface area is 280 Å². The predicted octanol–water partition coefficient (Wildman–Crippen LogP) is 5.46. The second-order valence-corrected chi connectivity index (χ2v) is 15.1. The molecule has 0 bridgehead atoms. The molecule has 2 aliphatic carbocycles. The van der Waals surface area contributed by atoms with Crippen LogP contribution in [0.2, 0.25) is 5.02 Å². The molecule has 3 aromatic rings. The van der Waals surface area contributed by atoms with Crippen molar-refractivity contribution in [1.82, 2.24) is 25.0 Å². The number of nitrogens with zero attached hydrogens (tertiary/aromatic N) is 3. The van der Waals surface area contributed by atoms with E-state index in [-0.39, 0.29) is 24.0 Å². The molecule has 1 aromatic heterocycles. The molecule has 0 saturated heterocycles. The molecule has 0 unspecified atom stereocenters. The number of halogens is 4. The molecule has 2 saturated carbocycles. The van der Waals surface area contributed by atoms with Crippen LogP contribution in [0, 0.1) is 5.41 Å². The number of ether oxygens (including phenoxy) is 1. The minimum absolute atomic E-state index is 0.00503. The quantitative estimate of drug-likeness (QED) is 0.169. The summed E-state index contributed by atoms with van der Waals surface area (Å²) in [4.78, 5) is 38.0. The van der Waals surface area contributed by atoms with Crippen molar-refractivity contribution in [1.29, 1.82) is 0 Å². The number of anilines is 3. The van der Waals surface area contributed by atoms with Gasteiger partial charge in [0.1, 0.15) is 0 Å². The maximum Gasteiger partial charge on any atom is 0.422 e. The standard InChI is InChI=1S/C31H35ClF3N7O5S/c1-4-29(13-14-29)48(45,46)42-24(44)28(2,3)17-36-23(43)19-5-11-22(12-6-19)37-25-38-26(40-27(39-25)47-18-31(33,34)35)41-30(15-16-30)20-7-9-21(32)10-8-20/h5-12H,4,13-18H2,1-3H3,(H,36,43)(H,42,44)(H2,37,38,39,40,41). The van der Waals surface area contributed by atoms with E-state index in [1.54, 1.807) is 19.1 Å². The van der Waals surface area contributed by atoms with E-state index in [4.69, 9.17) is 16.3 Å². The van der Waals surface area contributed by atoms with Gasteiger partial charge in [-0.3, -0.25) is 14.3 Å². The largest absolute Gasteiger partial charge is 0.454 e. The zero-order valence-electron chi connectivity index (χ0n) is 26.4. The van der Waals surface area contributed by atoms with Crippen LogP contribution in [0.4, 0.5) is 30.8 Å². The highest BCUT2D eigenvalue weighted by Gasteiger charge is 2.54. The average molecular weight is 710 g/mol. The number of carbonyl (C=O) groups is 2. The van der Waals surface area contributed by atoms with E-state index in [9.17, 15) is 31.2 Å². The van der Waals surface area contributed by atoms with Gasteiger partial charge in [-0.05, 0) is 87.9 Å². The molecule has 2 aliphatic rings. The Balaban J connectivity index is 1.24. The molecule has 0 radical (unpaired) electrons. The van der Waals surface area contributed by atoms with Gasteiger partial charge in [-0.25, -0.2) is 8.42 Å². The van der Waals surface area contributed by atoms with Gasteiger partial charge in [0.15, 0.2) is 6.61 Å². The SMILES string of the molecule is CCC1(S(=O)(=O)NC(=O)C(C)(C)CNC(=O)c2ccc(Nc3nc(NC4(c5ccc(Cl)cc5)CC4)nc(OCC(F)(F)F)n3)cc2)CC1. The van der Waals surface area contributed by atoms with E-state index in [0.717, 1.165) is 18.4 Å². The molecular formula is C31H35ClF3N7O5S. The topological polar surface area (TPSA) is 164 Å². The number of aromatic nitrogens is 3. The van der Waals surface area contributed by atoms with Crippen molar-refractivity contribution in [2.75, 3.05) is 23.8 Å². The van der Waals surface area contributed by atoms with Crippen molar-refractivity contribution < 1.29 is 35.9 Å². The number of amides is 2. The van der Waals surface area contributed by atoms with E-state index in [1.165, 1.54) is 38.1 Å². The van der Waals surface area contributed by atoms with Crippen LogP contribution in [-0.4, -0.2) is 59.3 Å². The third-order valence-corrected chi connectivity index (χ3v) is 11.0. The van der Waals surface area contributed by atoms with Crippen molar-refractivity contribution >= 4 is 51.0 Å². The summed E-state index contributed by atoms with van der Waals surface area (Å²) in [7, 11) is -3.84. The Hall–Kier alpha value is -4.18. The molecule has 0 spiro atoms. The summed E-state index contributed by atoms with van der Waals surface area (Å²) in [6.07, 6.45) is -1.76. The monoisotopic (exact) mass is 709 g/mol. The van der Waals surface area contributed by atoms with Crippen molar-refractivity contribution in [3.63, 3.8) is 0 Å². The lowest BCUT2D eigenvalue weighted by molar-refractivity contribution is -0.154. The molecule has 17 heteroatoms. The van der Waals surface area contributed by atoms with E-state index >= 15 is 0 Å². The van der Waals surface area contributed by atoms with Gasteiger partial charge in [-0.2, -0.15) is 28.1 Å². The van der Waals surface area contributed by atoms with Gasteiger partial charge in [-0.15, -0.1) is 0 Å². The molecule has 0 atom stereocenters. The molecule has 258 valence electrons. The lowest BCUT2D eigenvalue weighted by atomic mass is 9.92. The average Bonchev–Trinajstić information content (AvgIpc) is 3.95. The first-order chi connectivity index (χ1) is 22.4. The minimum atomic E-state index is -4.61. The van der Waals surface area contributed by atoms with Gasteiger partial charge in [0.2, 0.25) is 27.8 Å². The summed E-state index contributed by atoms with van der Waals surface area (Å²) >= 11 is 6.02. The Morgan fingerprint density at radius 3 is 2.12 bits per heavy atom. The van der Waals surface area contributed by atoms with E-state index in [2.05, 4.69) is 35.6 Å². The number of sulfonamides is 1. The Morgan fingerprint density at radius 1 is 0.938 bits per heavy atom. The molecule has 1 heterocycles. The highest BCUT2D eigenvalue weighted by Crippen LogP contribution is 2.48. The van der Waals surface area contributed by atoms with Crippen molar-refractivity contribution in [3.8, 4) is 6.01 Å². The van der Waals surface area contributed by atoms with Crippen LogP contribution >= 0.6 is 11.6 Å². The number of hydrogen-bond acceptors (Lipinski definition) is 10. The number of alkyl halides is 3. The van der Waals surface area contributed by atoms with Crippen LogP contribution in [0.5, 0.6) is 6.01 Å². The van der Waals surface area contributed by atoms with Crippen LogP contribution in [0.3, 0.4) is 0 Å². The lowest BCUT2D eigenvalue weighted by Crippen LogP contribution is -2.49. The number of hydrogen-bond donors (Lipinski definition) is 4. The van der Waals surface area contributed by atoms with Crippen molar-refractivity contribution in [2.24, 2.45) is 5.41 Å². The third kappa shape index (κ3) is 8.27. The van der Waals surface area contributed by atoms with Gasteiger partial charge in [-0.1, -0.05) is 30.7 Å². The van der Waals surface area contributed by atoms with Gasteiger partial charge in [0.25, 0.3) is 5.91 Å². The summed E-state index contributed by atoms with van der Waals surface area (Å²) in [5, 5.41) is 9.30. The van der Waals surface area contributed by atoms with Crippen molar-refractivity contribution in [3.05, 3.63) is 64.7 Å². The number of rotatable bonds is 14. The summed E-state index contributed by atoms with van der Waals surface area (Å²) < 4.78 is 70.1. The lowest BCUT2D eigenvalue weighted by Gasteiger charge is -2.25. The summed E-state index contributed by atoms with van der Waals surface area (Å²) in [6, 6.07) is 12.6. The molecular weight excluding hydrogens is 675 g/mol. The summed E-state index contributed by atoms with van der Waals surface area (Å²) in [5.41, 5.74) is -0.211. The van der Waals surface area contributed by atoms with Crippen LogP contribution in [0.1, 0.15) is 68.8 Å². The van der Waals surface area contributed by atoms with Crippen LogP contribution in [0.25, 0.3) is 0 Å². The normalized spacial score (nSPS) is 16.4. The fourth-order valence-electron chi connectivity index (χ4n) is 4.91. The Bertz CT molecular complexity index is 1780. The number of carbonyl (C=O) groups excluding carboxylic acids is 2. The zero-order chi connectivity index (χ0) is 35.0. The minimum Gasteiger partial charge on any atom is -0.454 e. The number of nitrogens with one attached hydrogen (secondary N) is 4. The highest BCUT2D eigenvalue weighted by molar-refractivity contribution is 7.91. The zero-order valence-corrected chi connectivity index (χ0v) is 27.9. The van der Waals surface area contributed by atoms with E-state index in [0.29, 0.717) is 30.0 Å². The van der Waals surface area contributed by atoms with Gasteiger partial charge in [0, 0.05) is 22.8 Å². The third-order valence-electron chi connectivity index (χ3n) is 8.44. The first kappa shape index (κ1) is 35.1. The Kier molecular flexibility index (Phi) is 9.54. The van der Waals surface area contributed by atoms with Crippen LogP contribution in [0.15, 0.2) is 48.5 Å². The van der Waals surface area contributed by atoms with Gasteiger partial charge < -0.3 is 20.7 Å². The number of benzene rings is 2. The molecule has 2 fully saturated rings. The molecule has 4 N–H and O–H groups in total. The summed E-state index contributed by atoms with van der Waals surface area (Å²) in [6.45, 7) is 3.09. The first-order valence-electron chi connectivity index (χ1n) is 15.2. The van der Waals surface area contributed by atoms with Gasteiger partial charge >= 0.3 is 12.2 Å². The molecule has 48 heavy (non-hydrogen) atoms. The second-order valence-electron chi connectivity index (χ2n) is 12.6. The smallest absolute Gasteiger partial charge is 0.422 e. The maximum atomic E-state index is 12.9. The molecule has 2 aromatic carbocycles. The molecule has 0 aliphatic heterocycles. The first-order valence-corrected chi connectivity index (χ1v) is 17.0. The summed E-state index contributed by atoms with van der Waals surface area (Å²) in [5.74, 6) is -1.33. The molecule has 2 amide bonds. The fourth-order valence-corrected chi connectivity index (χ4v) is 6.79. The van der Waals surface area contributed by atoms with Crippen LogP contribution < -0.4 is 25.4 Å². The Morgan fingerprint density at radius 2 is 1.56 bits per heavy atom. The fraction of sp³-hybridized carbons (Fsp3) is 0.452.